The lowest BCUT2D eigenvalue weighted by molar-refractivity contribution is 0.0697. The van der Waals surface area contributed by atoms with Crippen LogP contribution in [-0.4, -0.2) is 28.3 Å². The van der Waals surface area contributed by atoms with E-state index >= 15 is 0 Å². The molecule has 1 atom stereocenters. The van der Waals surface area contributed by atoms with Gasteiger partial charge in [0.1, 0.15) is 6.10 Å². The number of carboxylic acids is 1. The molecule has 6 heteroatoms. The van der Waals surface area contributed by atoms with E-state index in [0.29, 0.717) is 17.3 Å². The van der Waals surface area contributed by atoms with Crippen LogP contribution < -0.4 is 0 Å². The van der Waals surface area contributed by atoms with Crippen molar-refractivity contribution in [1.29, 1.82) is 0 Å². The first-order chi connectivity index (χ1) is 9.70. The average molecular weight is 274 g/mol. The van der Waals surface area contributed by atoms with E-state index in [1.807, 2.05) is 0 Å². The molecule has 2 aromatic rings. The first-order valence-corrected chi connectivity index (χ1v) is 6.40. The normalized spacial score (nSPS) is 16.1. The smallest absolute Gasteiger partial charge is 0.336 e. The first kappa shape index (κ1) is 12.8. The van der Waals surface area contributed by atoms with Gasteiger partial charge in [0.25, 0.3) is 5.89 Å². The molecule has 1 aromatic carbocycles. The maximum Gasteiger partial charge on any atom is 0.336 e. The van der Waals surface area contributed by atoms with Crippen molar-refractivity contribution in [2.75, 3.05) is 7.11 Å². The van der Waals surface area contributed by atoms with Crippen LogP contribution in [0.5, 0.6) is 0 Å². The van der Waals surface area contributed by atoms with Gasteiger partial charge < -0.3 is 14.4 Å². The predicted octanol–water partition coefficient (Wildman–Crippen LogP) is 2.53. The number of aromatic carboxylic acids is 1. The van der Waals surface area contributed by atoms with Gasteiger partial charge in [-0.05, 0) is 30.9 Å². The minimum absolute atomic E-state index is 0.142. The summed E-state index contributed by atoms with van der Waals surface area (Å²) in [5.74, 6) is 0.0943. The minimum Gasteiger partial charge on any atom is -0.478 e. The van der Waals surface area contributed by atoms with E-state index in [-0.39, 0.29) is 17.6 Å². The summed E-state index contributed by atoms with van der Waals surface area (Å²) >= 11 is 0. The average Bonchev–Trinajstić information content (AvgIpc) is 3.17. The fourth-order valence-electron chi connectivity index (χ4n) is 2.22. The number of carboxylic acid groups (broad SMARTS) is 1. The van der Waals surface area contributed by atoms with Gasteiger partial charge >= 0.3 is 5.97 Å². The summed E-state index contributed by atoms with van der Waals surface area (Å²) in [5.41, 5.74) is 0.562. The van der Waals surface area contributed by atoms with E-state index in [2.05, 4.69) is 10.1 Å². The molecule has 1 N–H and O–H groups in total. The third-order valence-corrected chi connectivity index (χ3v) is 3.39. The molecule has 1 saturated carbocycles. The Labute approximate surface area is 115 Å². The molecular weight excluding hydrogens is 260 g/mol. The fraction of sp³-hybridized carbons (Fsp3) is 0.357. The highest BCUT2D eigenvalue weighted by Crippen LogP contribution is 2.42. The molecule has 1 heterocycles. The number of hydrogen-bond acceptors (Lipinski definition) is 5. The number of carbonyl (C=O) groups is 1. The van der Waals surface area contributed by atoms with Gasteiger partial charge in [-0.3, -0.25) is 0 Å². The molecule has 104 valence electrons. The Morgan fingerprint density at radius 2 is 2.20 bits per heavy atom. The third-order valence-electron chi connectivity index (χ3n) is 3.39. The topological polar surface area (TPSA) is 85.5 Å². The van der Waals surface area contributed by atoms with E-state index in [4.69, 9.17) is 9.26 Å². The van der Waals surface area contributed by atoms with Crippen LogP contribution in [0, 0.1) is 5.92 Å². The van der Waals surface area contributed by atoms with Crippen LogP contribution in [0.15, 0.2) is 28.8 Å². The van der Waals surface area contributed by atoms with Crippen LogP contribution in [-0.2, 0) is 4.74 Å². The quantitative estimate of drug-likeness (QED) is 0.901. The number of rotatable bonds is 5. The zero-order valence-electron chi connectivity index (χ0n) is 10.9. The molecule has 0 radical (unpaired) electrons. The zero-order chi connectivity index (χ0) is 14.1. The molecular formula is C14H14N2O4. The van der Waals surface area contributed by atoms with Crippen LogP contribution in [0.3, 0.4) is 0 Å². The van der Waals surface area contributed by atoms with Crippen molar-refractivity contribution in [3.8, 4) is 11.5 Å². The highest BCUT2D eigenvalue weighted by molar-refractivity contribution is 5.94. The highest BCUT2D eigenvalue weighted by atomic mass is 16.5. The van der Waals surface area contributed by atoms with Crippen LogP contribution in [0.25, 0.3) is 11.5 Å². The lowest BCUT2D eigenvalue weighted by Crippen LogP contribution is -2.05. The Kier molecular flexibility index (Phi) is 3.23. The van der Waals surface area contributed by atoms with E-state index < -0.39 is 5.97 Å². The molecule has 1 unspecified atom stereocenters. The molecule has 0 bridgehead atoms. The van der Waals surface area contributed by atoms with Crippen molar-refractivity contribution in [3.05, 3.63) is 35.7 Å². The Morgan fingerprint density at radius 3 is 2.85 bits per heavy atom. The summed E-state index contributed by atoms with van der Waals surface area (Å²) in [6.45, 7) is 0. The Balaban J connectivity index is 1.96. The van der Waals surface area contributed by atoms with Gasteiger partial charge in [0.05, 0.1) is 11.1 Å². The van der Waals surface area contributed by atoms with E-state index in [9.17, 15) is 9.90 Å². The predicted molar refractivity (Wildman–Crippen MR) is 69.2 cm³/mol. The van der Waals surface area contributed by atoms with Crippen LogP contribution >= 0.6 is 0 Å². The maximum atomic E-state index is 11.2. The summed E-state index contributed by atoms with van der Waals surface area (Å²) in [6, 6.07) is 6.56. The number of benzene rings is 1. The second-order valence-electron chi connectivity index (χ2n) is 4.80. The molecule has 0 aliphatic heterocycles. The van der Waals surface area contributed by atoms with Gasteiger partial charge in [-0.25, -0.2) is 4.79 Å². The van der Waals surface area contributed by atoms with Crippen molar-refractivity contribution in [1.82, 2.24) is 10.1 Å². The largest absolute Gasteiger partial charge is 0.478 e. The number of aromatic nitrogens is 2. The van der Waals surface area contributed by atoms with Crippen molar-refractivity contribution in [2.24, 2.45) is 5.92 Å². The molecule has 20 heavy (non-hydrogen) atoms. The van der Waals surface area contributed by atoms with E-state index in [1.54, 1.807) is 25.3 Å². The summed E-state index contributed by atoms with van der Waals surface area (Å²) in [6.07, 6.45) is 2.01. The van der Waals surface area contributed by atoms with E-state index in [0.717, 1.165) is 12.8 Å². The Hall–Kier alpha value is -2.21. The minimum atomic E-state index is -1.02. The number of ether oxygens (including phenoxy) is 1. The number of methoxy groups -OCH3 is 1. The highest BCUT2D eigenvalue weighted by Gasteiger charge is 2.35. The van der Waals surface area contributed by atoms with Gasteiger partial charge in [-0.2, -0.15) is 4.98 Å². The van der Waals surface area contributed by atoms with Gasteiger partial charge in [0, 0.05) is 7.11 Å². The molecule has 3 rings (SSSR count). The molecule has 1 aliphatic rings. The summed E-state index contributed by atoms with van der Waals surface area (Å²) in [7, 11) is 1.62. The second kappa shape index (κ2) is 5.05. The van der Waals surface area contributed by atoms with Crippen molar-refractivity contribution < 1.29 is 19.2 Å². The molecule has 0 spiro atoms. The summed E-state index contributed by atoms with van der Waals surface area (Å²) in [4.78, 5) is 15.5. The fourth-order valence-corrected chi connectivity index (χ4v) is 2.22. The Morgan fingerprint density at radius 1 is 1.45 bits per heavy atom. The summed E-state index contributed by atoms with van der Waals surface area (Å²) in [5, 5.41) is 13.1. The van der Waals surface area contributed by atoms with Crippen LogP contribution in [0.2, 0.25) is 0 Å². The van der Waals surface area contributed by atoms with Gasteiger partial charge in [-0.1, -0.05) is 17.3 Å². The molecule has 0 amide bonds. The Bertz CT molecular complexity index is 634. The third kappa shape index (κ3) is 2.30. The van der Waals surface area contributed by atoms with Crippen molar-refractivity contribution >= 4 is 5.97 Å². The standard InChI is InChI=1S/C14H14N2O4/c1-19-11(8-6-7-8)12-15-13(20-16-12)9-4-2-3-5-10(9)14(17)18/h2-5,8,11H,6-7H2,1H3,(H,17,18). The van der Waals surface area contributed by atoms with Crippen molar-refractivity contribution in [2.45, 2.75) is 18.9 Å². The zero-order valence-corrected chi connectivity index (χ0v) is 10.9. The molecule has 1 fully saturated rings. The maximum absolute atomic E-state index is 11.2. The molecule has 1 aliphatic carbocycles. The lowest BCUT2D eigenvalue weighted by Gasteiger charge is -2.08. The van der Waals surface area contributed by atoms with Crippen LogP contribution in [0.1, 0.15) is 35.1 Å². The monoisotopic (exact) mass is 274 g/mol. The van der Waals surface area contributed by atoms with Gasteiger partial charge in [-0.15, -0.1) is 0 Å². The SMILES string of the molecule is COC(c1noc(-c2ccccc2C(=O)O)n1)C1CC1. The molecule has 0 saturated heterocycles. The van der Waals surface area contributed by atoms with Crippen LogP contribution in [0.4, 0.5) is 0 Å². The molecule has 1 aromatic heterocycles. The molecule has 6 nitrogen and oxygen atoms in total. The number of hydrogen-bond donors (Lipinski definition) is 1. The van der Waals surface area contributed by atoms with E-state index in [1.165, 1.54) is 6.07 Å². The lowest BCUT2D eigenvalue weighted by atomic mass is 10.1. The second-order valence-corrected chi connectivity index (χ2v) is 4.80. The first-order valence-electron chi connectivity index (χ1n) is 6.40. The van der Waals surface area contributed by atoms with Gasteiger partial charge in [0.15, 0.2) is 0 Å². The summed E-state index contributed by atoms with van der Waals surface area (Å²) < 4.78 is 10.6. The number of nitrogens with zero attached hydrogens (tertiary/aromatic N) is 2. The van der Waals surface area contributed by atoms with Gasteiger partial charge in [0.2, 0.25) is 5.82 Å². The van der Waals surface area contributed by atoms with Crippen molar-refractivity contribution in [3.63, 3.8) is 0 Å².